The molecule has 4 nitrogen and oxygen atoms in total. The third-order valence-corrected chi connectivity index (χ3v) is 1.16. The molecule has 0 aliphatic heterocycles. The first-order valence-electron chi connectivity index (χ1n) is 4.36. The number of rotatable bonds is 2. The molecule has 0 amide bonds. The van der Waals surface area contributed by atoms with E-state index in [0.717, 1.165) is 0 Å². The maximum Gasteiger partial charge on any atom is 0.339 e. The Morgan fingerprint density at radius 1 is 1.91 bits per heavy atom. The van der Waals surface area contributed by atoms with E-state index in [4.69, 9.17) is 9.22 Å². The molecule has 0 aliphatic carbocycles. The average Bonchev–Trinajstić information content (AvgIpc) is 2.01. The number of aromatic carboxylic acids is 1. The summed E-state index contributed by atoms with van der Waals surface area (Å²) < 4.78 is 20.7. The summed E-state index contributed by atoms with van der Waals surface area (Å²) in [5.41, 5.74) is -0.163. The van der Waals surface area contributed by atoms with Gasteiger partial charge in [0.15, 0.2) is 0 Å². The van der Waals surface area contributed by atoms with Crippen LogP contribution in [-0.4, -0.2) is 23.0 Å². The van der Waals surface area contributed by atoms with E-state index in [1.165, 1.54) is 18.3 Å². The molecule has 1 heterocycles. The first-order valence-corrected chi connectivity index (χ1v) is 2.86. The minimum atomic E-state index is -2.45. The summed E-state index contributed by atoms with van der Waals surface area (Å²) in [7, 11) is 0. The summed E-state index contributed by atoms with van der Waals surface area (Å²) in [4.78, 5) is 14.3. The van der Waals surface area contributed by atoms with Gasteiger partial charge in [-0.25, -0.2) is 9.78 Å². The van der Waals surface area contributed by atoms with E-state index < -0.39 is 12.9 Å². The number of nitrogens with one attached hydrogen (secondary N) is 1. The van der Waals surface area contributed by atoms with Crippen molar-refractivity contribution >= 4 is 11.8 Å². The predicted octanol–water partition coefficient (Wildman–Crippen LogP) is 0.821. The van der Waals surface area contributed by atoms with Gasteiger partial charge in [-0.05, 0) is 12.1 Å². The highest BCUT2D eigenvalue weighted by Crippen LogP contribution is 2.09. The molecule has 0 aliphatic rings. The molecule has 0 radical (unpaired) electrons. The third-order valence-electron chi connectivity index (χ3n) is 1.16. The molecule has 2 N–H and O–H groups in total. The first-order chi connectivity index (χ1) is 6.40. The van der Waals surface area contributed by atoms with E-state index >= 15 is 0 Å². The molecule has 1 aromatic rings. The maximum atomic E-state index is 10.6. The molecule has 4 heteroatoms. The zero-order valence-corrected chi connectivity index (χ0v) is 5.53. The SMILES string of the molecule is [2H]C([2H])([2H])Nc1ncccc1C(=O)O. The number of carbonyl (C=O) groups is 1. The molecule has 0 atom stereocenters. The van der Waals surface area contributed by atoms with Crippen LogP contribution in [0.1, 0.15) is 14.5 Å². The number of hydrogen-bond donors (Lipinski definition) is 2. The van der Waals surface area contributed by atoms with Gasteiger partial charge in [0.25, 0.3) is 0 Å². The molecule has 0 spiro atoms. The van der Waals surface area contributed by atoms with Crippen LogP contribution in [0, 0.1) is 0 Å². The van der Waals surface area contributed by atoms with Crippen LogP contribution in [0.2, 0.25) is 0 Å². The predicted molar refractivity (Wildman–Crippen MR) is 40.7 cm³/mol. The van der Waals surface area contributed by atoms with Crippen molar-refractivity contribution in [2.75, 3.05) is 12.3 Å². The normalized spacial score (nSPS) is 14.4. The molecule has 0 saturated heterocycles. The summed E-state index contributed by atoms with van der Waals surface area (Å²) in [6.45, 7) is -2.45. The number of anilines is 1. The number of aromatic nitrogens is 1. The average molecular weight is 155 g/mol. The Labute approximate surface area is 68.1 Å². The van der Waals surface area contributed by atoms with E-state index in [-0.39, 0.29) is 11.4 Å². The lowest BCUT2D eigenvalue weighted by molar-refractivity contribution is 0.0697. The summed E-state index contributed by atoms with van der Waals surface area (Å²) in [6, 6.07) is 2.71. The van der Waals surface area contributed by atoms with E-state index in [1.807, 2.05) is 5.32 Å². The van der Waals surface area contributed by atoms with E-state index in [0.29, 0.717) is 0 Å². The highest BCUT2D eigenvalue weighted by molar-refractivity contribution is 5.92. The quantitative estimate of drug-likeness (QED) is 0.663. The number of carboxylic acid groups (broad SMARTS) is 1. The van der Waals surface area contributed by atoms with Gasteiger partial charge in [-0.15, -0.1) is 0 Å². The molecule has 1 rings (SSSR count). The molecular formula is C7H8N2O2. The van der Waals surface area contributed by atoms with Crippen LogP contribution in [0.5, 0.6) is 0 Å². The van der Waals surface area contributed by atoms with Crippen molar-refractivity contribution in [2.24, 2.45) is 0 Å². The topological polar surface area (TPSA) is 62.2 Å². The zero-order chi connectivity index (χ0) is 10.8. The first kappa shape index (κ1) is 4.33. The molecule has 1 aromatic heterocycles. The highest BCUT2D eigenvalue weighted by atomic mass is 16.4. The van der Waals surface area contributed by atoms with Gasteiger partial charge in [0.1, 0.15) is 11.4 Å². The minimum absolute atomic E-state index is 0.153. The summed E-state index contributed by atoms with van der Waals surface area (Å²) >= 11 is 0. The van der Waals surface area contributed by atoms with Crippen LogP contribution in [-0.2, 0) is 0 Å². The fourth-order valence-corrected chi connectivity index (χ4v) is 0.677. The summed E-state index contributed by atoms with van der Waals surface area (Å²) in [5, 5.41) is 10.7. The Morgan fingerprint density at radius 3 is 3.36 bits per heavy atom. The van der Waals surface area contributed by atoms with Gasteiger partial charge in [0, 0.05) is 17.3 Å². The minimum Gasteiger partial charge on any atom is -0.478 e. The number of nitrogens with zero attached hydrogens (tertiary/aromatic N) is 1. The molecule has 58 valence electrons. The molecule has 0 saturated carbocycles. The van der Waals surface area contributed by atoms with Gasteiger partial charge < -0.3 is 10.4 Å². The van der Waals surface area contributed by atoms with Gasteiger partial charge in [-0.3, -0.25) is 0 Å². The number of pyridine rings is 1. The lowest BCUT2D eigenvalue weighted by Crippen LogP contribution is -2.03. The van der Waals surface area contributed by atoms with E-state index in [1.54, 1.807) is 0 Å². The van der Waals surface area contributed by atoms with Crippen molar-refractivity contribution in [1.82, 2.24) is 4.98 Å². The molecule has 0 unspecified atom stereocenters. The lowest BCUT2D eigenvalue weighted by Gasteiger charge is -2.01. The van der Waals surface area contributed by atoms with Gasteiger partial charge >= 0.3 is 5.97 Å². The van der Waals surface area contributed by atoms with Crippen molar-refractivity contribution in [1.29, 1.82) is 0 Å². The van der Waals surface area contributed by atoms with Crippen molar-refractivity contribution in [3.63, 3.8) is 0 Å². The fourth-order valence-electron chi connectivity index (χ4n) is 0.677. The van der Waals surface area contributed by atoms with E-state index in [9.17, 15) is 4.79 Å². The molecule has 0 fully saturated rings. The van der Waals surface area contributed by atoms with Crippen LogP contribution in [0.25, 0.3) is 0 Å². The van der Waals surface area contributed by atoms with Crippen LogP contribution >= 0.6 is 0 Å². The van der Waals surface area contributed by atoms with E-state index in [2.05, 4.69) is 4.98 Å². The summed E-state index contributed by atoms with van der Waals surface area (Å²) in [5.74, 6) is -1.37. The van der Waals surface area contributed by atoms with Crippen LogP contribution < -0.4 is 5.32 Å². The Morgan fingerprint density at radius 2 is 2.73 bits per heavy atom. The monoisotopic (exact) mass is 155 g/mol. The largest absolute Gasteiger partial charge is 0.478 e. The number of hydrogen-bond acceptors (Lipinski definition) is 3. The third kappa shape index (κ3) is 1.46. The highest BCUT2D eigenvalue weighted by Gasteiger charge is 2.07. The van der Waals surface area contributed by atoms with Crippen LogP contribution in [0.3, 0.4) is 0 Å². The fraction of sp³-hybridized carbons (Fsp3) is 0.143. The second kappa shape index (κ2) is 3.01. The number of carboxylic acids is 1. The Bertz CT molecular complexity index is 351. The second-order valence-corrected chi connectivity index (χ2v) is 1.83. The molecular weight excluding hydrogens is 144 g/mol. The van der Waals surface area contributed by atoms with Crippen LogP contribution in [0.15, 0.2) is 18.3 Å². The van der Waals surface area contributed by atoms with Crippen molar-refractivity contribution in [3.8, 4) is 0 Å². The molecule has 0 aromatic carbocycles. The Balaban J connectivity index is 3.02. The maximum absolute atomic E-state index is 10.6. The Kier molecular flexibility index (Phi) is 1.18. The van der Waals surface area contributed by atoms with Crippen molar-refractivity contribution in [2.45, 2.75) is 0 Å². The Hall–Kier alpha value is -1.58. The van der Waals surface area contributed by atoms with Gasteiger partial charge in [-0.1, -0.05) is 0 Å². The smallest absolute Gasteiger partial charge is 0.339 e. The molecule has 0 bridgehead atoms. The zero-order valence-electron chi connectivity index (χ0n) is 8.53. The summed E-state index contributed by atoms with van der Waals surface area (Å²) in [6.07, 6.45) is 1.32. The van der Waals surface area contributed by atoms with Gasteiger partial charge in [-0.2, -0.15) is 0 Å². The van der Waals surface area contributed by atoms with Gasteiger partial charge in [0.2, 0.25) is 0 Å². The molecule has 11 heavy (non-hydrogen) atoms. The standard InChI is InChI=1S/C7H8N2O2/c1-8-6-5(7(10)11)3-2-4-9-6/h2-4H,1H3,(H,8,9)(H,10,11)/i1D3. The van der Waals surface area contributed by atoms with Gasteiger partial charge in [0.05, 0.1) is 0 Å². The van der Waals surface area contributed by atoms with Crippen LogP contribution in [0.4, 0.5) is 5.82 Å². The van der Waals surface area contributed by atoms with Crippen molar-refractivity contribution < 1.29 is 14.0 Å². The lowest BCUT2D eigenvalue weighted by atomic mass is 10.2. The van der Waals surface area contributed by atoms with Crippen molar-refractivity contribution in [3.05, 3.63) is 23.9 Å². The second-order valence-electron chi connectivity index (χ2n) is 1.83.